The summed E-state index contributed by atoms with van der Waals surface area (Å²) in [5, 5.41) is 8.81. The van der Waals surface area contributed by atoms with E-state index in [1.807, 2.05) is 18.0 Å². The average Bonchev–Trinajstić information content (AvgIpc) is 2.29. The monoisotopic (exact) mass is 238 g/mol. The first kappa shape index (κ1) is 13.4. The van der Waals surface area contributed by atoms with Gasteiger partial charge in [-0.3, -0.25) is 4.79 Å². The predicted octanol–water partition coefficient (Wildman–Crippen LogP) is 1.24. The van der Waals surface area contributed by atoms with E-state index in [1.54, 1.807) is 26.3 Å². The Hall–Kier alpha value is -1.62. The minimum atomic E-state index is -0.773. The number of aromatic nitrogens is 1. The smallest absolute Gasteiger partial charge is 0.307 e. The molecule has 0 saturated carbocycles. The summed E-state index contributed by atoms with van der Waals surface area (Å²) in [5.41, 5.74) is 1.03. The second-order valence-electron chi connectivity index (χ2n) is 4.14. The van der Waals surface area contributed by atoms with Gasteiger partial charge in [-0.15, -0.1) is 0 Å². The van der Waals surface area contributed by atoms with E-state index in [9.17, 15) is 4.79 Å². The van der Waals surface area contributed by atoms with Crippen LogP contribution in [0.3, 0.4) is 0 Å². The molecule has 5 nitrogen and oxygen atoms in total. The molecule has 0 saturated heterocycles. The standard InChI is InChI=1S/C12H18N2O3/c1-9(12(15)16)7-14(2)8-10-4-5-11(17-3)13-6-10/h4-6,9H,7-8H2,1-3H3,(H,15,16). The Morgan fingerprint density at radius 2 is 2.29 bits per heavy atom. The zero-order chi connectivity index (χ0) is 12.8. The molecule has 0 amide bonds. The molecule has 0 aliphatic rings. The lowest BCUT2D eigenvalue weighted by Gasteiger charge is -2.18. The number of carboxylic acid groups (broad SMARTS) is 1. The number of carbonyl (C=O) groups is 1. The van der Waals surface area contributed by atoms with Gasteiger partial charge < -0.3 is 14.7 Å². The van der Waals surface area contributed by atoms with Crippen LogP contribution < -0.4 is 4.74 Å². The van der Waals surface area contributed by atoms with Crippen LogP contribution in [0.2, 0.25) is 0 Å². The Kier molecular flexibility index (Phi) is 4.90. The minimum absolute atomic E-state index is 0.369. The number of nitrogens with zero attached hydrogens (tertiary/aromatic N) is 2. The van der Waals surface area contributed by atoms with Crippen molar-refractivity contribution in [3.63, 3.8) is 0 Å². The van der Waals surface area contributed by atoms with Crippen molar-refractivity contribution in [2.45, 2.75) is 13.5 Å². The van der Waals surface area contributed by atoms with E-state index in [0.29, 0.717) is 19.0 Å². The molecule has 1 N–H and O–H groups in total. The number of methoxy groups -OCH3 is 1. The first-order valence-corrected chi connectivity index (χ1v) is 5.43. The lowest BCUT2D eigenvalue weighted by molar-refractivity contribution is -0.141. The molecule has 1 rings (SSSR count). The van der Waals surface area contributed by atoms with E-state index in [2.05, 4.69) is 4.98 Å². The van der Waals surface area contributed by atoms with Crippen LogP contribution in [0.25, 0.3) is 0 Å². The van der Waals surface area contributed by atoms with Crippen LogP contribution in [0.1, 0.15) is 12.5 Å². The van der Waals surface area contributed by atoms with Crippen LogP contribution in [-0.2, 0) is 11.3 Å². The summed E-state index contributed by atoms with van der Waals surface area (Å²) in [5.74, 6) is -0.564. The molecule has 1 atom stereocenters. The van der Waals surface area contributed by atoms with Gasteiger partial charge in [-0.05, 0) is 12.6 Å². The highest BCUT2D eigenvalue weighted by atomic mass is 16.5. The molecule has 1 unspecified atom stereocenters. The summed E-state index contributed by atoms with van der Waals surface area (Å²) < 4.78 is 4.97. The number of hydrogen-bond donors (Lipinski definition) is 1. The van der Waals surface area contributed by atoms with Crippen molar-refractivity contribution >= 4 is 5.97 Å². The van der Waals surface area contributed by atoms with Gasteiger partial charge >= 0.3 is 5.97 Å². The SMILES string of the molecule is COc1ccc(CN(C)CC(C)C(=O)O)cn1. The first-order chi connectivity index (χ1) is 8.02. The van der Waals surface area contributed by atoms with E-state index in [1.165, 1.54) is 0 Å². The highest BCUT2D eigenvalue weighted by Gasteiger charge is 2.13. The quantitative estimate of drug-likeness (QED) is 0.808. The van der Waals surface area contributed by atoms with E-state index < -0.39 is 5.97 Å². The van der Waals surface area contributed by atoms with Gasteiger partial charge in [-0.1, -0.05) is 13.0 Å². The summed E-state index contributed by atoms with van der Waals surface area (Å²) in [4.78, 5) is 16.8. The Morgan fingerprint density at radius 1 is 1.59 bits per heavy atom. The van der Waals surface area contributed by atoms with Gasteiger partial charge in [0.2, 0.25) is 5.88 Å². The molecule has 0 bridgehead atoms. The maximum absolute atomic E-state index is 10.7. The van der Waals surface area contributed by atoms with Gasteiger partial charge in [0.25, 0.3) is 0 Å². The minimum Gasteiger partial charge on any atom is -0.481 e. The van der Waals surface area contributed by atoms with Gasteiger partial charge in [0, 0.05) is 25.4 Å². The molecule has 94 valence electrons. The number of carboxylic acids is 1. The summed E-state index contributed by atoms with van der Waals surface area (Å²) in [6.07, 6.45) is 1.74. The van der Waals surface area contributed by atoms with Crippen molar-refractivity contribution in [2.75, 3.05) is 20.7 Å². The summed E-state index contributed by atoms with van der Waals surface area (Å²) >= 11 is 0. The van der Waals surface area contributed by atoms with Gasteiger partial charge in [0.1, 0.15) is 0 Å². The number of hydrogen-bond acceptors (Lipinski definition) is 4. The maximum Gasteiger partial charge on any atom is 0.307 e. The third kappa shape index (κ3) is 4.40. The van der Waals surface area contributed by atoms with Crippen molar-refractivity contribution < 1.29 is 14.6 Å². The fourth-order valence-electron chi connectivity index (χ4n) is 1.55. The highest BCUT2D eigenvalue weighted by molar-refractivity contribution is 5.69. The molecule has 0 aliphatic carbocycles. The number of rotatable bonds is 6. The van der Waals surface area contributed by atoms with Gasteiger partial charge in [0.15, 0.2) is 0 Å². The van der Waals surface area contributed by atoms with E-state index in [4.69, 9.17) is 9.84 Å². The van der Waals surface area contributed by atoms with Crippen LogP contribution in [0.4, 0.5) is 0 Å². The van der Waals surface area contributed by atoms with Crippen LogP contribution in [0, 0.1) is 5.92 Å². The number of aliphatic carboxylic acids is 1. The lowest BCUT2D eigenvalue weighted by Crippen LogP contribution is -2.28. The zero-order valence-corrected chi connectivity index (χ0v) is 10.4. The number of ether oxygens (including phenoxy) is 1. The van der Waals surface area contributed by atoms with Crippen LogP contribution >= 0.6 is 0 Å². The van der Waals surface area contributed by atoms with Gasteiger partial charge in [-0.2, -0.15) is 0 Å². The van der Waals surface area contributed by atoms with Crippen molar-refractivity contribution in [2.24, 2.45) is 5.92 Å². The molecular formula is C12H18N2O3. The highest BCUT2D eigenvalue weighted by Crippen LogP contribution is 2.09. The molecule has 0 aromatic carbocycles. The Labute approximate surface area is 101 Å². The molecule has 1 heterocycles. The Morgan fingerprint density at radius 3 is 2.76 bits per heavy atom. The topological polar surface area (TPSA) is 62.7 Å². The lowest BCUT2D eigenvalue weighted by atomic mass is 10.1. The predicted molar refractivity (Wildman–Crippen MR) is 63.9 cm³/mol. The molecule has 1 aromatic rings. The van der Waals surface area contributed by atoms with Crippen molar-refractivity contribution in [1.29, 1.82) is 0 Å². The average molecular weight is 238 g/mol. The fourth-order valence-corrected chi connectivity index (χ4v) is 1.55. The van der Waals surface area contributed by atoms with E-state index >= 15 is 0 Å². The molecule has 1 aromatic heterocycles. The van der Waals surface area contributed by atoms with Gasteiger partial charge in [-0.25, -0.2) is 4.98 Å². The number of pyridine rings is 1. The molecule has 0 radical (unpaired) electrons. The van der Waals surface area contributed by atoms with E-state index in [0.717, 1.165) is 5.56 Å². The maximum atomic E-state index is 10.7. The van der Waals surface area contributed by atoms with E-state index in [-0.39, 0.29) is 5.92 Å². The summed E-state index contributed by atoms with van der Waals surface area (Å²) in [7, 11) is 3.46. The molecule has 0 fully saturated rings. The summed E-state index contributed by atoms with van der Waals surface area (Å²) in [6.45, 7) is 2.89. The molecule has 5 heteroatoms. The molecule has 0 spiro atoms. The van der Waals surface area contributed by atoms with Crippen LogP contribution in [-0.4, -0.2) is 41.7 Å². The van der Waals surface area contributed by atoms with Crippen LogP contribution in [0.15, 0.2) is 18.3 Å². The second-order valence-corrected chi connectivity index (χ2v) is 4.14. The largest absolute Gasteiger partial charge is 0.481 e. The third-order valence-electron chi connectivity index (χ3n) is 2.47. The van der Waals surface area contributed by atoms with Crippen LogP contribution in [0.5, 0.6) is 5.88 Å². The van der Waals surface area contributed by atoms with Gasteiger partial charge in [0.05, 0.1) is 13.0 Å². The van der Waals surface area contributed by atoms with Crippen molar-refractivity contribution in [1.82, 2.24) is 9.88 Å². The van der Waals surface area contributed by atoms with Crippen molar-refractivity contribution in [3.8, 4) is 5.88 Å². The Balaban J connectivity index is 2.49. The normalized spacial score (nSPS) is 12.5. The zero-order valence-electron chi connectivity index (χ0n) is 10.4. The Bertz CT molecular complexity index is 365. The fraction of sp³-hybridized carbons (Fsp3) is 0.500. The summed E-state index contributed by atoms with van der Waals surface area (Å²) in [6, 6.07) is 3.72. The molecular weight excluding hydrogens is 220 g/mol. The second kappa shape index (κ2) is 6.20. The third-order valence-corrected chi connectivity index (χ3v) is 2.47. The van der Waals surface area contributed by atoms with Crippen molar-refractivity contribution in [3.05, 3.63) is 23.9 Å². The first-order valence-electron chi connectivity index (χ1n) is 5.43. The molecule has 0 aliphatic heterocycles. The molecule has 17 heavy (non-hydrogen) atoms.